The molecule has 0 fully saturated rings. The standard InChI is InChI=1S/C23H25F3N6O3/c1-22(2,3)21(35)28-10-9-27-19(33)13-32-12-14-11-15(7-8-16(14)31-32)29-20(34)17-5-4-6-18(30-17)23(24,25)26/h4-8,11-12H,9-10,13H2,1-3H3,(H,27,33)(H,28,35)(H,29,34). The minimum atomic E-state index is -4.66. The number of pyridine rings is 1. The van der Waals surface area contributed by atoms with Crippen LogP contribution >= 0.6 is 0 Å². The molecule has 3 amide bonds. The van der Waals surface area contributed by atoms with Crippen LogP contribution in [0.4, 0.5) is 18.9 Å². The van der Waals surface area contributed by atoms with E-state index < -0.39 is 23.2 Å². The molecule has 0 saturated heterocycles. The summed E-state index contributed by atoms with van der Waals surface area (Å²) < 4.78 is 39.9. The molecule has 0 radical (unpaired) electrons. The Morgan fingerprint density at radius 1 is 1.00 bits per heavy atom. The molecule has 0 bridgehead atoms. The van der Waals surface area contributed by atoms with Crippen LogP contribution in [0, 0.1) is 5.41 Å². The smallest absolute Gasteiger partial charge is 0.354 e. The van der Waals surface area contributed by atoms with E-state index in [1.54, 1.807) is 45.2 Å². The van der Waals surface area contributed by atoms with Crippen LogP contribution in [-0.4, -0.2) is 45.6 Å². The van der Waals surface area contributed by atoms with Crippen molar-refractivity contribution in [2.75, 3.05) is 18.4 Å². The topological polar surface area (TPSA) is 118 Å². The maximum Gasteiger partial charge on any atom is 0.433 e. The first-order chi connectivity index (χ1) is 16.3. The lowest BCUT2D eigenvalue weighted by Gasteiger charge is -2.17. The SMILES string of the molecule is CC(C)(C)C(=O)NCCNC(=O)Cn1cc2cc(NC(=O)c3cccc(C(F)(F)F)n3)ccc2n1. The second-order valence-electron chi connectivity index (χ2n) is 8.82. The Bertz CT molecular complexity index is 1250. The summed E-state index contributed by atoms with van der Waals surface area (Å²) in [6, 6.07) is 7.83. The fourth-order valence-electron chi connectivity index (χ4n) is 3.00. The number of hydrogen-bond donors (Lipinski definition) is 3. The molecule has 0 saturated carbocycles. The highest BCUT2D eigenvalue weighted by Gasteiger charge is 2.33. The van der Waals surface area contributed by atoms with Crippen molar-refractivity contribution in [3.8, 4) is 0 Å². The number of rotatable bonds is 7. The molecule has 2 heterocycles. The summed E-state index contributed by atoms with van der Waals surface area (Å²) in [6.45, 7) is 5.89. The van der Waals surface area contributed by atoms with Crippen LogP contribution in [0.5, 0.6) is 0 Å². The molecule has 3 aromatic rings. The van der Waals surface area contributed by atoms with E-state index in [0.29, 0.717) is 23.1 Å². The van der Waals surface area contributed by atoms with Gasteiger partial charge in [-0.15, -0.1) is 0 Å². The van der Waals surface area contributed by atoms with Crippen molar-refractivity contribution in [3.05, 3.63) is 54.0 Å². The Balaban J connectivity index is 1.58. The maximum atomic E-state index is 12.8. The fourth-order valence-corrected chi connectivity index (χ4v) is 3.00. The average Bonchev–Trinajstić information content (AvgIpc) is 3.16. The largest absolute Gasteiger partial charge is 0.433 e. The maximum absolute atomic E-state index is 12.8. The summed E-state index contributed by atoms with van der Waals surface area (Å²) in [7, 11) is 0. The van der Waals surface area contributed by atoms with E-state index >= 15 is 0 Å². The third kappa shape index (κ3) is 7.01. The van der Waals surface area contributed by atoms with E-state index in [0.717, 1.165) is 12.1 Å². The fraction of sp³-hybridized carbons (Fsp3) is 0.348. The summed E-state index contributed by atoms with van der Waals surface area (Å²) in [5.41, 5.74) is -1.14. The van der Waals surface area contributed by atoms with Gasteiger partial charge in [0.25, 0.3) is 5.91 Å². The zero-order chi connectivity index (χ0) is 25.8. The van der Waals surface area contributed by atoms with E-state index in [2.05, 4.69) is 26.0 Å². The van der Waals surface area contributed by atoms with Gasteiger partial charge in [-0.2, -0.15) is 18.3 Å². The van der Waals surface area contributed by atoms with E-state index in [-0.39, 0.29) is 30.6 Å². The van der Waals surface area contributed by atoms with Crippen molar-refractivity contribution in [2.24, 2.45) is 5.41 Å². The molecule has 3 rings (SSSR count). The van der Waals surface area contributed by atoms with Gasteiger partial charge in [0.15, 0.2) is 0 Å². The number of carbonyl (C=O) groups excluding carboxylic acids is 3. The minimum Gasteiger partial charge on any atom is -0.354 e. The van der Waals surface area contributed by atoms with Crippen molar-refractivity contribution < 1.29 is 27.6 Å². The van der Waals surface area contributed by atoms with Crippen molar-refractivity contribution in [1.82, 2.24) is 25.4 Å². The second kappa shape index (κ2) is 10.1. The molecule has 0 unspecified atom stereocenters. The van der Waals surface area contributed by atoms with Gasteiger partial charge in [0.05, 0.1) is 5.52 Å². The third-order valence-electron chi connectivity index (χ3n) is 4.80. The first-order valence-electron chi connectivity index (χ1n) is 10.7. The summed E-state index contributed by atoms with van der Waals surface area (Å²) in [5, 5.41) is 12.9. The molecule has 3 N–H and O–H groups in total. The van der Waals surface area contributed by atoms with Gasteiger partial charge in [0.1, 0.15) is 17.9 Å². The van der Waals surface area contributed by atoms with Gasteiger partial charge in [-0.1, -0.05) is 26.8 Å². The number of benzene rings is 1. The Hall–Kier alpha value is -3.96. The molecule has 0 aliphatic heterocycles. The van der Waals surface area contributed by atoms with Crippen LogP contribution in [-0.2, 0) is 22.3 Å². The number of nitrogens with zero attached hydrogens (tertiary/aromatic N) is 3. The third-order valence-corrected chi connectivity index (χ3v) is 4.80. The van der Waals surface area contributed by atoms with Crippen LogP contribution in [0.15, 0.2) is 42.6 Å². The van der Waals surface area contributed by atoms with E-state index in [9.17, 15) is 27.6 Å². The van der Waals surface area contributed by atoms with Crippen LogP contribution in [0.1, 0.15) is 37.0 Å². The summed E-state index contributed by atoms with van der Waals surface area (Å²) in [6.07, 6.45) is -3.05. The number of fused-ring (bicyclic) bond motifs is 1. The summed E-state index contributed by atoms with van der Waals surface area (Å²) >= 11 is 0. The highest BCUT2D eigenvalue weighted by atomic mass is 19.4. The molecule has 35 heavy (non-hydrogen) atoms. The Morgan fingerprint density at radius 3 is 2.40 bits per heavy atom. The monoisotopic (exact) mass is 490 g/mol. The van der Waals surface area contributed by atoms with Gasteiger partial charge in [-0.3, -0.25) is 19.1 Å². The van der Waals surface area contributed by atoms with Gasteiger partial charge in [0, 0.05) is 35.8 Å². The number of alkyl halides is 3. The number of carbonyl (C=O) groups is 3. The van der Waals surface area contributed by atoms with Gasteiger partial charge < -0.3 is 16.0 Å². The molecule has 2 aromatic heterocycles. The lowest BCUT2D eigenvalue weighted by atomic mass is 9.96. The van der Waals surface area contributed by atoms with Crippen molar-refractivity contribution in [1.29, 1.82) is 0 Å². The van der Waals surface area contributed by atoms with Crippen LogP contribution in [0.3, 0.4) is 0 Å². The summed E-state index contributed by atoms with van der Waals surface area (Å²) in [5.74, 6) is -1.20. The van der Waals surface area contributed by atoms with Gasteiger partial charge in [-0.25, -0.2) is 4.98 Å². The molecule has 0 aliphatic rings. The van der Waals surface area contributed by atoms with E-state index in [1.165, 1.54) is 10.7 Å². The number of amides is 3. The average molecular weight is 490 g/mol. The lowest BCUT2D eigenvalue weighted by molar-refractivity contribution is -0.141. The highest BCUT2D eigenvalue weighted by molar-refractivity contribution is 6.03. The predicted octanol–water partition coefficient (Wildman–Crippen LogP) is 2.98. The van der Waals surface area contributed by atoms with Gasteiger partial charge in [0.2, 0.25) is 11.8 Å². The lowest BCUT2D eigenvalue weighted by Crippen LogP contribution is -2.40. The zero-order valence-corrected chi connectivity index (χ0v) is 19.4. The number of aromatic nitrogens is 3. The Morgan fingerprint density at radius 2 is 1.71 bits per heavy atom. The molecule has 0 aliphatic carbocycles. The number of halogens is 3. The number of anilines is 1. The molecule has 1 aromatic carbocycles. The Kier molecular flexibility index (Phi) is 7.42. The van der Waals surface area contributed by atoms with Crippen molar-refractivity contribution in [3.63, 3.8) is 0 Å². The number of hydrogen-bond acceptors (Lipinski definition) is 5. The van der Waals surface area contributed by atoms with Crippen LogP contribution in [0.2, 0.25) is 0 Å². The van der Waals surface area contributed by atoms with Crippen molar-refractivity contribution in [2.45, 2.75) is 33.5 Å². The number of nitrogens with one attached hydrogen (secondary N) is 3. The molecule has 0 spiro atoms. The van der Waals surface area contributed by atoms with Gasteiger partial charge in [-0.05, 0) is 30.3 Å². The normalized spacial score (nSPS) is 11.8. The van der Waals surface area contributed by atoms with Crippen LogP contribution < -0.4 is 16.0 Å². The zero-order valence-electron chi connectivity index (χ0n) is 19.4. The van der Waals surface area contributed by atoms with Crippen molar-refractivity contribution >= 4 is 34.3 Å². The molecular formula is C23H25F3N6O3. The molecule has 12 heteroatoms. The molecular weight excluding hydrogens is 465 g/mol. The van der Waals surface area contributed by atoms with Crippen LogP contribution in [0.25, 0.3) is 10.9 Å². The quantitative estimate of drug-likeness (QED) is 0.440. The Labute approximate surface area is 199 Å². The first kappa shape index (κ1) is 25.7. The summed E-state index contributed by atoms with van der Waals surface area (Å²) in [4.78, 5) is 39.7. The molecule has 186 valence electrons. The van der Waals surface area contributed by atoms with E-state index in [1.807, 2.05) is 0 Å². The molecule has 9 nitrogen and oxygen atoms in total. The van der Waals surface area contributed by atoms with E-state index in [4.69, 9.17) is 0 Å². The molecule has 0 atom stereocenters. The van der Waals surface area contributed by atoms with Gasteiger partial charge >= 0.3 is 6.18 Å². The highest BCUT2D eigenvalue weighted by Crippen LogP contribution is 2.27. The minimum absolute atomic E-state index is 0.0578. The first-order valence-corrected chi connectivity index (χ1v) is 10.7. The second-order valence-corrected chi connectivity index (χ2v) is 8.82. The predicted molar refractivity (Wildman–Crippen MR) is 122 cm³/mol.